The minimum atomic E-state index is -0.0854. The molecule has 2 bridgehead atoms. The second kappa shape index (κ2) is 6.18. The number of phenolic OH excluding ortho intramolecular Hbond substituents is 1. The predicted molar refractivity (Wildman–Crippen MR) is 94.2 cm³/mol. The van der Waals surface area contributed by atoms with Gasteiger partial charge in [0, 0.05) is 24.8 Å². The Labute approximate surface area is 145 Å². The number of amides is 1. The Hall–Kier alpha value is -1.92. The van der Waals surface area contributed by atoms with Crippen LogP contribution in [0.15, 0.2) is 30.5 Å². The molecule has 0 saturated carbocycles. The average Bonchev–Trinajstić information content (AvgIpc) is 3.06. The molecule has 3 unspecified atom stereocenters. The highest BCUT2D eigenvalue weighted by Crippen LogP contribution is 2.33. The number of nitrogens with one attached hydrogen (secondary N) is 1. The first-order chi connectivity index (χ1) is 11.6. The van der Waals surface area contributed by atoms with Crippen LogP contribution in [0.25, 0.3) is 10.4 Å². The molecule has 2 N–H and O–H groups in total. The molecular weight excluding hydrogens is 322 g/mol. The number of thiazole rings is 1. The smallest absolute Gasteiger partial charge is 0.280 e. The van der Waals surface area contributed by atoms with Gasteiger partial charge in [0.25, 0.3) is 5.91 Å². The minimum Gasteiger partial charge on any atom is -0.508 e. The Kier molecular flexibility index (Phi) is 4.02. The summed E-state index contributed by atoms with van der Waals surface area (Å²) < 4.78 is 0. The number of phenols is 1. The summed E-state index contributed by atoms with van der Waals surface area (Å²) in [6.45, 7) is 4.37. The van der Waals surface area contributed by atoms with Gasteiger partial charge >= 0.3 is 0 Å². The molecule has 0 radical (unpaired) electrons. The van der Waals surface area contributed by atoms with Crippen LogP contribution in [0.5, 0.6) is 5.75 Å². The molecular formula is C18H21N3O2S. The van der Waals surface area contributed by atoms with Gasteiger partial charge in [-0.2, -0.15) is 0 Å². The molecule has 1 aromatic heterocycles. The first-order valence-electron chi connectivity index (χ1n) is 8.40. The van der Waals surface area contributed by atoms with Gasteiger partial charge in [-0.3, -0.25) is 9.69 Å². The number of piperidine rings is 3. The number of carbonyl (C=O) groups excluding carboxylic acids is 1. The molecule has 2 aromatic rings. The molecule has 0 spiro atoms. The lowest BCUT2D eigenvalue weighted by Crippen LogP contribution is -2.60. The normalized spacial score (nSPS) is 28.7. The molecule has 6 heteroatoms. The van der Waals surface area contributed by atoms with E-state index in [0.29, 0.717) is 17.0 Å². The third-order valence-corrected chi connectivity index (χ3v) is 6.25. The monoisotopic (exact) mass is 343 g/mol. The van der Waals surface area contributed by atoms with E-state index in [0.717, 1.165) is 30.0 Å². The summed E-state index contributed by atoms with van der Waals surface area (Å²) in [6, 6.07) is 7.88. The number of nitrogens with zero attached hydrogens (tertiary/aromatic N) is 2. The number of aromatic hydroxyl groups is 1. The number of rotatable bonds is 3. The first kappa shape index (κ1) is 15.6. The van der Waals surface area contributed by atoms with Gasteiger partial charge < -0.3 is 10.4 Å². The molecule has 5 rings (SSSR count). The minimum absolute atomic E-state index is 0.0854. The van der Waals surface area contributed by atoms with Gasteiger partial charge in [0.05, 0.1) is 4.88 Å². The summed E-state index contributed by atoms with van der Waals surface area (Å²) >= 11 is 1.36. The number of carbonyl (C=O) groups is 1. The van der Waals surface area contributed by atoms with E-state index in [2.05, 4.69) is 22.1 Å². The molecule has 0 aliphatic carbocycles. The molecule has 3 aliphatic rings. The highest BCUT2D eigenvalue weighted by Gasteiger charge is 2.39. The Morgan fingerprint density at radius 3 is 3.04 bits per heavy atom. The van der Waals surface area contributed by atoms with Crippen molar-refractivity contribution in [1.29, 1.82) is 0 Å². The van der Waals surface area contributed by atoms with Gasteiger partial charge in [-0.1, -0.05) is 12.1 Å². The fourth-order valence-electron chi connectivity index (χ4n) is 3.86. The fourth-order valence-corrected chi connectivity index (χ4v) is 4.68. The molecule has 3 aliphatic heterocycles. The zero-order chi connectivity index (χ0) is 16.7. The predicted octanol–water partition coefficient (Wildman–Crippen LogP) is 2.73. The summed E-state index contributed by atoms with van der Waals surface area (Å²) in [4.78, 5) is 20.2. The molecule has 1 amide bonds. The largest absolute Gasteiger partial charge is 0.508 e. The zero-order valence-corrected chi connectivity index (χ0v) is 14.4. The zero-order valence-electron chi connectivity index (χ0n) is 13.6. The van der Waals surface area contributed by atoms with Crippen molar-refractivity contribution in [3.63, 3.8) is 0 Å². The van der Waals surface area contributed by atoms with E-state index >= 15 is 0 Å². The molecule has 5 nitrogen and oxygen atoms in total. The third-order valence-electron chi connectivity index (χ3n) is 5.20. The molecule has 126 valence electrons. The van der Waals surface area contributed by atoms with Gasteiger partial charge in [-0.05, 0) is 49.9 Å². The van der Waals surface area contributed by atoms with Crippen molar-refractivity contribution in [2.24, 2.45) is 5.92 Å². The van der Waals surface area contributed by atoms with Crippen LogP contribution in [-0.2, 0) is 0 Å². The Morgan fingerprint density at radius 2 is 2.33 bits per heavy atom. The van der Waals surface area contributed by atoms with Crippen molar-refractivity contribution < 1.29 is 9.90 Å². The fraction of sp³-hybridized carbons (Fsp3) is 0.444. The van der Waals surface area contributed by atoms with E-state index in [4.69, 9.17) is 0 Å². The quantitative estimate of drug-likeness (QED) is 0.899. The SMILES string of the molecule is CC1CC2CCN1C[C@@H]2NC(=O)c1ncc(-c2cccc(O)c2)s1. The second-order valence-corrected chi connectivity index (χ2v) is 7.82. The maximum absolute atomic E-state index is 12.6. The number of fused-ring (bicyclic) bond motifs is 3. The van der Waals surface area contributed by atoms with Crippen LogP contribution in [0.4, 0.5) is 0 Å². The van der Waals surface area contributed by atoms with Gasteiger partial charge in [0.15, 0.2) is 5.01 Å². The van der Waals surface area contributed by atoms with Crippen molar-refractivity contribution in [1.82, 2.24) is 15.2 Å². The molecule has 24 heavy (non-hydrogen) atoms. The maximum atomic E-state index is 12.6. The van der Waals surface area contributed by atoms with Gasteiger partial charge in [-0.15, -0.1) is 11.3 Å². The van der Waals surface area contributed by atoms with Crippen LogP contribution in [0.3, 0.4) is 0 Å². The van der Waals surface area contributed by atoms with Gasteiger partial charge in [0.1, 0.15) is 5.75 Å². The van der Waals surface area contributed by atoms with Crippen LogP contribution < -0.4 is 5.32 Å². The van der Waals surface area contributed by atoms with Crippen LogP contribution >= 0.6 is 11.3 Å². The first-order valence-corrected chi connectivity index (χ1v) is 9.22. The van der Waals surface area contributed by atoms with E-state index in [-0.39, 0.29) is 17.7 Å². The highest BCUT2D eigenvalue weighted by atomic mass is 32.1. The summed E-state index contributed by atoms with van der Waals surface area (Å²) in [5, 5.41) is 13.3. The van der Waals surface area contributed by atoms with Gasteiger partial charge in [-0.25, -0.2) is 4.98 Å². The Balaban J connectivity index is 1.46. The van der Waals surface area contributed by atoms with E-state index < -0.39 is 0 Å². The van der Waals surface area contributed by atoms with E-state index in [1.807, 2.05) is 6.07 Å². The number of hydrogen-bond donors (Lipinski definition) is 2. The molecule has 3 saturated heterocycles. The molecule has 4 heterocycles. The topological polar surface area (TPSA) is 65.5 Å². The second-order valence-electron chi connectivity index (χ2n) is 6.79. The lowest BCUT2D eigenvalue weighted by molar-refractivity contribution is 0.0274. The Bertz CT molecular complexity index is 760. The van der Waals surface area contributed by atoms with Crippen LogP contribution in [0.1, 0.15) is 29.6 Å². The standard InChI is InChI=1S/C18H21N3O2S/c1-11-7-12-5-6-21(11)10-15(12)20-17(23)18-19-9-16(24-18)13-3-2-4-14(22)8-13/h2-4,8-9,11-12,15,22H,5-7,10H2,1H3,(H,20,23)/t11?,12?,15-/m0/s1. The lowest BCUT2D eigenvalue weighted by atomic mass is 9.80. The van der Waals surface area contributed by atoms with E-state index in [1.165, 1.54) is 17.8 Å². The summed E-state index contributed by atoms with van der Waals surface area (Å²) in [6.07, 6.45) is 4.03. The summed E-state index contributed by atoms with van der Waals surface area (Å²) in [7, 11) is 0. The van der Waals surface area contributed by atoms with Crippen LogP contribution in [0, 0.1) is 5.92 Å². The van der Waals surface area contributed by atoms with Crippen molar-refractivity contribution >= 4 is 17.2 Å². The summed E-state index contributed by atoms with van der Waals surface area (Å²) in [5.41, 5.74) is 0.878. The number of hydrogen-bond acceptors (Lipinski definition) is 5. The molecule has 4 atom stereocenters. The maximum Gasteiger partial charge on any atom is 0.280 e. The molecule has 3 fully saturated rings. The highest BCUT2D eigenvalue weighted by molar-refractivity contribution is 7.17. The average molecular weight is 343 g/mol. The van der Waals surface area contributed by atoms with Crippen LogP contribution in [-0.4, -0.2) is 46.1 Å². The van der Waals surface area contributed by atoms with Crippen molar-refractivity contribution in [3.8, 4) is 16.2 Å². The Morgan fingerprint density at radius 1 is 1.46 bits per heavy atom. The number of aromatic nitrogens is 1. The van der Waals surface area contributed by atoms with E-state index in [1.54, 1.807) is 24.4 Å². The van der Waals surface area contributed by atoms with Crippen molar-refractivity contribution in [2.75, 3.05) is 13.1 Å². The third kappa shape index (κ3) is 2.91. The molecule has 1 aromatic carbocycles. The van der Waals surface area contributed by atoms with Gasteiger partial charge in [0.2, 0.25) is 0 Å². The van der Waals surface area contributed by atoms with Crippen molar-refractivity contribution in [2.45, 2.75) is 31.8 Å². The van der Waals surface area contributed by atoms with Crippen LogP contribution in [0.2, 0.25) is 0 Å². The van der Waals surface area contributed by atoms with E-state index in [9.17, 15) is 9.90 Å². The summed E-state index contributed by atoms with van der Waals surface area (Å²) in [5.74, 6) is 0.713. The lowest BCUT2D eigenvalue weighted by Gasteiger charge is -2.48. The number of benzene rings is 1. The van der Waals surface area contributed by atoms with Crippen molar-refractivity contribution in [3.05, 3.63) is 35.5 Å².